The predicted molar refractivity (Wildman–Crippen MR) is 75.7 cm³/mol. The van der Waals surface area contributed by atoms with Crippen LogP contribution >= 0.6 is 0 Å². The summed E-state index contributed by atoms with van der Waals surface area (Å²) >= 11 is 0. The molecular weight excluding hydrogens is 222 g/mol. The maximum Gasteiger partial charge on any atom is 0.149 e. The van der Waals surface area contributed by atoms with E-state index in [1.165, 1.54) is 51.4 Å². The highest BCUT2D eigenvalue weighted by atomic mass is 16.1. The van der Waals surface area contributed by atoms with Crippen LogP contribution in [-0.2, 0) is 4.79 Å². The minimum atomic E-state index is 0.392. The van der Waals surface area contributed by atoms with Gasteiger partial charge in [-0.2, -0.15) is 0 Å². The average Bonchev–Trinajstić information content (AvgIpc) is 2.42. The molecule has 1 aliphatic carbocycles. The lowest BCUT2D eigenvalue weighted by Gasteiger charge is -2.36. The van der Waals surface area contributed by atoms with E-state index in [-0.39, 0.29) is 0 Å². The van der Waals surface area contributed by atoms with E-state index in [4.69, 9.17) is 0 Å². The number of carbonyl (C=O) groups excluding carboxylic acids is 1. The maximum absolute atomic E-state index is 12.4. The van der Waals surface area contributed by atoms with E-state index in [0.717, 1.165) is 25.9 Å². The van der Waals surface area contributed by atoms with E-state index < -0.39 is 0 Å². The fraction of sp³-hybridized carbons (Fsp3) is 0.938. The van der Waals surface area contributed by atoms with Crippen LogP contribution in [0.4, 0.5) is 0 Å². The molecule has 2 rings (SSSR count). The Bertz CT molecular complexity index is 256. The largest absolute Gasteiger partial charge is 0.298 e. The summed E-state index contributed by atoms with van der Waals surface area (Å²) in [5, 5.41) is 0. The van der Waals surface area contributed by atoms with Crippen LogP contribution in [0.15, 0.2) is 0 Å². The van der Waals surface area contributed by atoms with E-state index in [1.54, 1.807) is 0 Å². The molecule has 2 fully saturated rings. The highest BCUT2D eigenvalue weighted by molar-refractivity contribution is 5.83. The number of hydrogen-bond donors (Lipinski definition) is 0. The van der Waals surface area contributed by atoms with Gasteiger partial charge in [-0.25, -0.2) is 0 Å². The molecule has 0 spiro atoms. The average molecular weight is 251 g/mol. The number of nitrogens with zero attached hydrogens (tertiary/aromatic N) is 1. The summed E-state index contributed by atoms with van der Waals surface area (Å²) < 4.78 is 0. The molecule has 0 N–H and O–H groups in total. The lowest BCUT2D eigenvalue weighted by Crippen LogP contribution is -2.44. The highest BCUT2D eigenvalue weighted by Gasteiger charge is 2.27. The lowest BCUT2D eigenvalue weighted by atomic mass is 9.85. The summed E-state index contributed by atoms with van der Waals surface area (Å²) in [7, 11) is 0. The fourth-order valence-electron chi connectivity index (χ4n) is 3.68. The predicted octanol–water partition coefficient (Wildman–Crippen LogP) is 3.79. The van der Waals surface area contributed by atoms with Crippen LogP contribution in [0.3, 0.4) is 0 Å². The summed E-state index contributed by atoms with van der Waals surface area (Å²) in [6.07, 6.45) is 12.7. The Balaban J connectivity index is 1.83. The molecule has 104 valence electrons. The van der Waals surface area contributed by atoms with Gasteiger partial charge in [0.15, 0.2) is 0 Å². The van der Waals surface area contributed by atoms with Crippen molar-refractivity contribution in [3.05, 3.63) is 0 Å². The van der Waals surface area contributed by atoms with Crippen molar-refractivity contribution in [3.63, 3.8) is 0 Å². The van der Waals surface area contributed by atoms with Crippen molar-refractivity contribution in [3.8, 4) is 0 Å². The van der Waals surface area contributed by atoms with E-state index in [9.17, 15) is 4.79 Å². The zero-order chi connectivity index (χ0) is 12.8. The van der Waals surface area contributed by atoms with E-state index >= 15 is 0 Å². The molecule has 2 heteroatoms. The first-order valence-corrected chi connectivity index (χ1v) is 8.08. The maximum atomic E-state index is 12.4. The molecular formula is C16H29NO. The molecule has 2 nitrogen and oxygen atoms in total. The molecule has 0 aromatic carbocycles. The first-order chi connectivity index (χ1) is 8.81. The first kappa shape index (κ1) is 14.0. The van der Waals surface area contributed by atoms with Crippen molar-refractivity contribution in [2.75, 3.05) is 13.1 Å². The van der Waals surface area contributed by atoms with E-state index in [0.29, 0.717) is 17.7 Å². The summed E-state index contributed by atoms with van der Waals surface area (Å²) in [5.41, 5.74) is 0. The molecule has 1 saturated heterocycles. The van der Waals surface area contributed by atoms with Crippen LogP contribution in [0.1, 0.15) is 71.1 Å². The summed E-state index contributed by atoms with van der Waals surface area (Å²) in [5.74, 6) is 0.931. The van der Waals surface area contributed by atoms with Crippen molar-refractivity contribution in [2.45, 2.75) is 77.2 Å². The fourth-order valence-corrected chi connectivity index (χ4v) is 3.68. The first-order valence-electron chi connectivity index (χ1n) is 8.08. The summed E-state index contributed by atoms with van der Waals surface area (Å²) in [6.45, 7) is 4.16. The number of rotatable bonds is 5. The van der Waals surface area contributed by atoms with Crippen LogP contribution in [0.25, 0.3) is 0 Å². The van der Waals surface area contributed by atoms with Gasteiger partial charge in [0.2, 0.25) is 0 Å². The van der Waals surface area contributed by atoms with Crippen molar-refractivity contribution < 1.29 is 4.79 Å². The molecule has 1 aliphatic heterocycles. The third-order valence-electron chi connectivity index (χ3n) is 4.79. The minimum Gasteiger partial charge on any atom is -0.298 e. The Morgan fingerprint density at radius 2 is 1.78 bits per heavy atom. The second-order valence-corrected chi connectivity index (χ2v) is 6.21. The van der Waals surface area contributed by atoms with Gasteiger partial charge in [0.05, 0.1) is 6.54 Å². The Morgan fingerprint density at radius 1 is 1.06 bits per heavy atom. The quantitative estimate of drug-likeness (QED) is 0.741. The molecule has 0 bridgehead atoms. The molecule has 0 amide bonds. The number of ketones is 1. The third kappa shape index (κ3) is 3.81. The van der Waals surface area contributed by atoms with E-state index in [2.05, 4.69) is 11.8 Å². The molecule has 1 saturated carbocycles. The molecule has 1 unspecified atom stereocenters. The van der Waals surface area contributed by atoms with Crippen LogP contribution in [-0.4, -0.2) is 29.8 Å². The van der Waals surface area contributed by atoms with Gasteiger partial charge >= 0.3 is 0 Å². The molecule has 0 aromatic rings. The normalized spacial score (nSPS) is 27.3. The molecule has 2 aliphatic rings. The number of carbonyl (C=O) groups is 1. The van der Waals surface area contributed by atoms with Gasteiger partial charge in [0, 0.05) is 12.0 Å². The van der Waals surface area contributed by atoms with Crippen LogP contribution in [0, 0.1) is 5.92 Å². The van der Waals surface area contributed by atoms with Crippen molar-refractivity contribution in [1.29, 1.82) is 0 Å². The number of Topliss-reactive ketones (excluding diaryl/α,β-unsaturated/α-hetero) is 1. The third-order valence-corrected chi connectivity index (χ3v) is 4.79. The van der Waals surface area contributed by atoms with Crippen LogP contribution in [0.2, 0.25) is 0 Å². The molecule has 1 atom stereocenters. The standard InChI is InChI=1S/C16H29NO/c1-2-8-15-11-6-7-12-17(15)13-16(18)14-9-4-3-5-10-14/h14-15H,2-13H2,1H3. The zero-order valence-corrected chi connectivity index (χ0v) is 12.0. The monoisotopic (exact) mass is 251 g/mol. The van der Waals surface area contributed by atoms with Crippen LogP contribution in [0.5, 0.6) is 0 Å². The number of hydrogen-bond acceptors (Lipinski definition) is 2. The molecule has 1 heterocycles. The Labute approximate surface area is 112 Å². The summed E-state index contributed by atoms with van der Waals surface area (Å²) in [6, 6.07) is 0.691. The molecule has 18 heavy (non-hydrogen) atoms. The SMILES string of the molecule is CCCC1CCCCN1CC(=O)C1CCCCC1. The van der Waals surface area contributed by atoms with Gasteiger partial charge < -0.3 is 0 Å². The van der Waals surface area contributed by atoms with Crippen molar-refractivity contribution >= 4 is 5.78 Å². The van der Waals surface area contributed by atoms with Gasteiger partial charge in [-0.1, -0.05) is 39.0 Å². The second-order valence-electron chi connectivity index (χ2n) is 6.21. The highest BCUT2D eigenvalue weighted by Crippen LogP contribution is 2.26. The Hall–Kier alpha value is -0.370. The van der Waals surface area contributed by atoms with E-state index in [1.807, 2.05) is 0 Å². The Morgan fingerprint density at radius 3 is 2.50 bits per heavy atom. The van der Waals surface area contributed by atoms with Gasteiger partial charge in [-0.3, -0.25) is 9.69 Å². The Kier molecular flexibility index (Phi) is 5.68. The topological polar surface area (TPSA) is 20.3 Å². The second kappa shape index (κ2) is 7.28. The van der Waals surface area contributed by atoms with Gasteiger partial charge in [0.25, 0.3) is 0 Å². The van der Waals surface area contributed by atoms with Crippen LogP contribution < -0.4 is 0 Å². The van der Waals surface area contributed by atoms with Crippen molar-refractivity contribution in [2.24, 2.45) is 5.92 Å². The molecule has 0 radical (unpaired) electrons. The van der Waals surface area contributed by atoms with Gasteiger partial charge in [-0.05, 0) is 38.6 Å². The number of piperidine rings is 1. The minimum absolute atomic E-state index is 0.392. The lowest BCUT2D eigenvalue weighted by molar-refractivity contribution is -0.125. The summed E-state index contributed by atoms with van der Waals surface area (Å²) in [4.78, 5) is 14.9. The van der Waals surface area contributed by atoms with Gasteiger partial charge in [-0.15, -0.1) is 0 Å². The number of likely N-dealkylation sites (tertiary alicyclic amines) is 1. The van der Waals surface area contributed by atoms with Crippen molar-refractivity contribution in [1.82, 2.24) is 4.90 Å². The smallest absolute Gasteiger partial charge is 0.149 e. The zero-order valence-electron chi connectivity index (χ0n) is 12.0. The molecule has 0 aromatic heterocycles. The van der Waals surface area contributed by atoms with Gasteiger partial charge in [0.1, 0.15) is 5.78 Å².